The van der Waals surface area contributed by atoms with Crippen molar-refractivity contribution in [3.05, 3.63) is 265 Å². The summed E-state index contributed by atoms with van der Waals surface area (Å²) in [6.45, 7) is 9.85. The number of hydrogen-bond donors (Lipinski definition) is 0. The van der Waals surface area contributed by atoms with Crippen molar-refractivity contribution in [2.24, 2.45) is 0 Å². The molecule has 1 aromatic heterocycles. The van der Waals surface area contributed by atoms with Crippen LogP contribution in [0.25, 0.3) is 45.4 Å². The first-order valence-electron chi connectivity index (χ1n) is 23.0. The van der Waals surface area contributed by atoms with Crippen LogP contribution in [0.2, 0.25) is 0 Å². The fourth-order valence-corrected chi connectivity index (χ4v) is 9.09. The molecule has 0 saturated heterocycles. The van der Waals surface area contributed by atoms with E-state index in [0.29, 0.717) is 26.4 Å². The molecule has 0 fully saturated rings. The monoisotopic (exact) mass is 914 g/mol. The van der Waals surface area contributed by atoms with E-state index >= 15 is 0 Å². The van der Waals surface area contributed by atoms with Gasteiger partial charge in [0, 0.05) is 45.3 Å². The number of aromatic nitrogens is 2. The van der Waals surface area contributed by atoms with Crippen molar-refractivity contribution in [3.8, 4) is 22.3 Å². The normalized spacial score (nSPS) is 11.1. The molecule has 0 aliphatic heterocycles. The SMILES string of the molecule is C=Cc1ccc(COCc2ccc(N(c3ccccc3)c3ccc(-c4ccc(-c5ccc(N(c6ccccc6)c6ccc(COCc7ccc(C=C)cc7)cc6)cc5)c5nsnc45)cc3)cc2)cc1. The van der Waals surface area contributed by atoms with Crippen molar-refractivity contribution >= 4 is 69.0 Å². The molecule has 0 radical (unpaired) electrons. The van der Waals surface area contributed by atoms with Crippen LogP contribution in [-0.4, -0.2) is 8.75 Å². The second kappa shape index (κ2) is 21.2. The Morgan fingerprint density at radius 3 is 0.957 bits per heavy atom. The summed E-state index contributed by atoms with van der Waals surface area (Å²) in [5.74, 6) is 0. The van der Waals surface area contributed by atoms with Crippen molar-refractivity contribution < 1.29 is 9.47 Å². The molecule has 0 atom stereocenters. The standard InChI is InChI=1S/C62H50N4O2S/c1-3-45-15-19-47(20-16-45)41-67-43-49-23-31-55(32-24-49)65(53-11-7-5-8-12-53)57-35-27-51(28-36-57)59-39-40-60(62-61(59)63-69-64-62)52-29-37-58(38-30-52)66(54-13-9-6-10-14-54)56-33-25-50(26-34-56)44-68-42-48-21-17-46(4-2)18-22-48/h3-40H,1-2,41-44H2. The van der Waals surface area contributed by atoms with Gasteiger partial charge in [0.2, 0.25) is 0 Å². The number of para-hydroxylation sites is 2. The van der Waals surface area contributed by atoms with Gasteiger partial charge in [-0.2, -0.15) is 8.75 Å². The van der Waals surface area contributed by atoms with Gasteiger partial charge in [-0.1, -0.05) is 171 Å². The van der Waals surface area contributed by atoms with Crippen LogP contribution in [0.5, 0.6) is 0 Å². The smallest absolute Gasteiger partial charge is 0.113 e. The lowest BCUT2D eigenvalue weighted by atomic mass is 9.97. The Balaban J connectivity index is 0.851. The number of benzene rings is 9. The van der Waals surface area contributed by atoms with E-state index in [0.717, 1.165) is 101 Å². The van der Waals surface area contributed by atoms with Crippen LogP contribution in [-0.2, 0) is 35.9 Å². The van der Waals surface area contributed by atoms with Crippen LogP contribution in [0.4, 0.5) is 34.1 Å². The lowest BCUT2D eigenvalue weighted by Crippen LogP contribution is -2.10. The molecule has 9 aromatic carbocycles. The molecule has 336 valence electrons. The van der Waals surface area contributed by atoms with Crippen molar-refractivity contribution in [1.29, 1.82) is 0 Å². The van der Waals surface area contributed by atoms with Crippen LogP contribution in [0.1, 0.15) is 33.4 Å². The minimum absolute atomic E-state index is 0.529. The molecule has 0 aliphatic carbocycles. The zero-order chi connectivity index (χ0) is 46.8. The Bertz CT molecular complexity index is 3040. The summed E-state index contributed by atoms with van der Waals surface area (Å²) >= 11 is 1.25. The van der Waals surface area contributed by atoms with Crippen LogP contribution < -0.4 is 9.80 Å². The van der Waals surface area contributed by atoms with E-state index < -0.39 is 0 Å². The maximum absolute atomic E-state index is 6.07. The maximum atomic E-state index is 6.07. The minimum atomic E-state index is 0.529. The minimum Gasteiger partial charge on any atom is -0.372 e. The first kappa shape index (κ1) is 44.6. The number of anilines is 6. The van der Waals surface area contributed by atoms with Gasteiger partial charge >= 0.3 is 0 Å². The Morgan fingerprint density at radius 2 is 0.638 bits per heavy atom. The number of nitrogens with zero attached hydrogens (tertiary/aromatic N) is 4. The predicted molar refractivity (Wildman–Crippen MR) is 288 cm³/mol. The molecule has 0 unspecified atom stereocenters. The summed E-state index contributed by atoms with van der Waals surface area (Å²) in [4.78, 5) is 4.55. The molecule has 0 saturated carbocycles. The predicted octanol–water partition coefficient (Wildman–Crippen LogP) is 16.7. The molecule has 6 nitrogen and oxygen atoms in total. The van der Waals surface area contributed by atoms with Crippen LogP contribution in [0.15, 0.2) is 232 Å². The van der Waals surface area contributed by atoms with Crippen molar-refractivity contribution in [3.63, 3.8) is 0 Å². The first-order chi connectivity index (χ1) is 34.1. The molecule has 10 aromatic rings. The molecule has 1 heterocycles. The molecule has 69 heavy (non-hydrogen) atoms. The number of fused-ring (bicyclic) bond motifs is 1. The van der Waals surface area contributed by atoms with Gasteiger partial charge in [0.15, 0.2) is 0 Å². The van der Waals surface area contributed by atoms with Gasteiger partial charge < -0.3 is 19.3 Å². The van der Waals surface area contributed by atoms with E-state index in [1.807, 2.05) is 24.3 Å². The molecular formula is C62H50N4O2S. The highest BCUT2D eigenvalue weighted by Gasteiger charge is 2.18. The Labute approximate surface area is 408 Å². The number of ether oxygens (including phenoxy) is 2. The third-order valence-corrected chi connectivity index (χ3v) is 12.7. The highest BCUT2D eigenvalue weighted by molar-refractivity contribution is 7.00. The third-order valence-electron chi connectivity index (χ3n) is 12.2. The Kier molecular flexibility index (Phi) is 13.7. The fourth-order valence-electron chi connectivity index (χ4n) is 8.52. The third kappa shape index (κ3) is 10.4. The highest BCUT2D eigenvalue weighted by atomic mass is 32.1. The maximum Gasteiger partial charge on any atom is 0.113 e. The van der Waals surface area contributed by atoms with Crippen molar-refractivity contribution in [2.75, 3.05) is 9.80 Å². The lowest BCUT2D eigenvalue weighted by Gasteiger charge is -2.26. The van der Waals surface area contributed by atoms with Gasteiger partial charge in [-0.15, -0.1) is 0 Å². The molecule has 0 bridgehead atoms. The van der Waals surface area contributed by atoms with E-state index in [1.54, 1.807) is 0 Å². The summed E-state index contributed by atoms with van der Waals surface area (Å²) in [6, 6.07) is 76.5. The Morgan fingerprint density at radius 1 is 0.348 bits per heavy atom. The van der Waals surface area contributed by atoms with Gasteiger partial charge in [0.05, 0.1) is 38.2 Å². The van der Waals surface area contributed by atoms with Crippen molar-refractivity contribution in [1.82, 2.24) is 8.75 Å². The van der Waals surface area contributed by atoms with Crippen LogP contribution >= 0.6 is 11.7 Å². The summed E-state index contributed by atoms with van der Waals surface area (Å²) in [5, 5.41) is 0. The van der Waals surface area contributed by atoms with E-state index in [1.165, 1.54) is 11.7 Å². The second-order valence-electron chi connectivity index (χ2n) is 16.8. The largest absolute Gasteiger partial charge is 0.372 e. The van der Waals surface area contributed by atoms with Crippen molar-refractivity contribution in [2.45, 2.75) is 26.4 Å². The summed E-state index contributed by atoms with van der Waals surface area (Å²) < 4.78 is 21.8. The molecule has 7 heteroatoms. The van der Waals surface area contributed by atoms with Crippen LogP contribution in [0, 0.1) is 0 Å². The topological polar surface area (TPSA) is 50.7 Å². The van der Waals surface area contributed by atoms with Gasteiger partial charge in [-0.3, -0.25) is 0 Å². The molecule has 0 aliphatic rings. The molecular weight excluding hydrogens is 865 g/mol. The zero-order valence-corrected chi connectivity index (χ0v) is 39.0. The molecule has 0 spiro atoms. The van der Waals surface area contributed by atoms with Crippen LogP contribution in [0.3, 0.4) is 0 Å². The molecule has 0 N–H and O–H groups in total. The number of rotatable bonds is 18. The van der Waals surface area contributed by atoms with Gasteiger partial charge in [-0.25, -0.2) is 0 Å². The highest BCUT2D eigenvalue weighted by Crippen LogP contribution is 2.40. The molecule has 10 rings (SSSR count). The second-order valence-corrected chi connectivity index (χ2v) is 17.3. The van der Waals surface area contributed by atoms with Gasteiger partial charge in [0.25, 0.3) is 0 Å². The average molecular weight is 915 g/mol. The zero-order valence-electron chi connectivity index (χ0n) is 38.2. The van der Waals surface area contributed by atoms with E-state index in [4.69, 9.17) is 18.2 Å². The quantitative estimate of drug-likeness (QED) is 0.0855. The van der Waals surface area contributed by atoms with E-state index in [-0.39, 0.29) is 0 Å². The summed E-state index contributed by atoms with van der Waals surface area (Å²) in [7, 11) is 0. The number of hydrogen-bond acceptors (Lipinski definition) is 7. The lowest BCUT2D eigenvalue weighted by molar-refractivity contribution is 0.107. The molecule has 0 amide bonds. The summed E-state index contributed by atoms with van der Waals surface area (Å²) in [6.07, 6.45) is 3.70. The first-order valence-corrected chi connectivity index (χ1v) is 23.8. The van der Waals surface area contributed by atoms with E-state index in [9.17, 15) is 0 Å². The van der Waals surface area contributed by atoms with Gasteiger partial charge in [0.1, 0.15) is 11.0 Å². The average Bonchev–Trinajstić information content (AvgIpc) is 3.92. The van der Waals surface area contributed by atoms with E-state index in [2.05, 4.69) is 229 Å². The summed E-state index contributed by atoms with van der Waals surface area (Å²) in [5.41, 5.74) is 19.1. The Hall–Kier alpha value is -8.20. The fraction of sp³-hybridized carbons (Fsp3) is 0.0645. The van der Waals surface area contributed by atoms with Gasteiger partial charge in [-0.05, 0) is 117 Å².